The van der Waals surface area contributed by atoms with Crippen LogP contribution >= 0.6 is 0 Å². The highest BCUT2D eigenvalue weighted by Gasteiger charge is 2.11. The number of amides is 1. The first-order valence-electron chi connectivity index (χ1n) is 8.64. The summed E-state index contributed by atoms with van der Waals surface area (Å²) in [5.74, 6) is -0.788. The molecule has 0 spiro atoms. The largest absolute Gasteiger partial charge is 0.322 e. The standard InChI is InChI=1S/C20H14FN5O3/c21-17-2-1-3-18-19(17)23-24-25(18)12-13-4-8-15(9-5-13)22-20(27)14-6-10-16(11-7-14)26(28)29/h1-11H,12H2,(H,22,27). The summed E-state index contributed by atoms with van der Waals surface area (Å²) in [6.45, 7) is 0.399. The van der Waals surface area contributed by atoms with Crippen molar-refractivity contribution in [3.05, 3.63) is 93.8 Å². The number of nitrogens with one attached hydrogen (secondary N) is 1. The summed E-state index contributed by atoms with van der Waals surface area (Å²) in [5.41, 5.74) is 2.53. The Labute approximate surface area is 163 Å². The lowest BCUT2D eigenvalue weighted by Crippen LogP contribution is -2.12. The number of rotatable bonds is 5. The molecule has 0 aliphatic carbocycles. The minimum atomic E-state index is -0.521. The minimum Gasteiger partial charge on any atom is -0.322 e. The molecule has 0 unspecified atom stereocenters. The zero-order valence-corrected chi connectivity index (χ0v) is 14.9. The van der Waals surface area contributed by atoms with Crippen LogP contribution < -0.4 is 5.32 Å². The summed E-state index contributed by atoms with van der Waals surface area (Å²) < 4.78 is 15.3. The van der Waals surface area contributed by atoms with E-state index in [1.807, 2.05) is 12.1 Å². The molecule has 0 fully saturated rings. The normalized spacial score (nSPS) is 10.8. The Kier molecular flexibility index (Phi) is 4.70. The van der Waals surface area contributed by atoms with Crippen molar-refractivity contribution < 1.29 is 14.1 Å². The van der Waals surface area contributed by atoms with Crippen LogP contribution in [-0.2, 0) is 6.54 Å². The average Bonchev–Trinajstić information content (AvgIpc) is 3.14. The van der Waals surface area contributed by atoms with Crippen LogP contribution in [0, 0.1) is 15.9 Å². The highest BCUT2D eigenvalue weighted by Crippen LogP contribution is 2.18. The number of nitro benzene ring substituents is 1. The number of anilines is 1. The molecule has 8 nitrogen and oxygen atoms in total. The van der Waals surface area contributed by atoms with Crippen LogP contribution in [0.1, 0.15) is 15.9 Å². The first-order valence-corrected chi connectivity index (χ1v) is 8.64. The fraction of sp³-hybridized carbons (Fsp3) is 0.0500. The fourth-order valence-corrected chi connectivity index (χ4v) is 2.88. The van der Waals surface area contributed by atoms with E-state index in [9.17, 15) is 19.3 Å². The molecular formula is C20H14FN5O3. The van der Waals surface area contributed by atoms with E-state index in [0.29, 0.717) is 23.3 Å². The molecule has 1 amide bonds. The third kappa shape index (κ3) is 3.79. The van der Waals surface area contributed by atoms with E-state index in [0.717, 1.165) is 5.56 Å². The van der Waals surface area contributed by atoms with Gasteiger partial charge in [0.15, 0.2) is 5.82 Å². The van der Waals surface area contributed by atoms with Crippen molar-refractivity contribution in [3.63, 3.8) is 0 Å². The summed E-state index contributed by atoms with van der Waals surface area (Å²) in [7, 11) is 0. The quantitative estimate of drug-likeness (QED) is 0.412. The van der Waals surface area contributed by atoms with Crippen LogP contribution in [0.4, 0.5) is 15.8 Å². The molecule has 1 N–H and O–H groups in total. The molecule has 1 aromatic heterocycles. The first-order chi connectivity index (χ1) is 14.0. The van der Waals surface area contributed by atoms with Gasteiger partial charge in [-0.15, -0.1) is 5.10 Å². The molecule has 0 saturated heterocycles. The molecule has 0 atom stereocenters. The van der Waals surface area contributed by atoms with Gasteiger partial charge < -0.3 is 5.32 Å². The van der Waals surface area contributed by atoms with Crippen molar-refractivity contribution in [2.45, 2.75) is 6.54 Å². The molecule has 3 aromatic carbocycles. The number of non-ortho nitro benzene ring substituents is 1. The van der Waals surface area contributed by atoms with E-state index >= 15 is 0 Å². The van der Waals surface area contributed by atoms with Crippen molar-refractivity contribution >= 4 is 28.3 Å². The molecule has 29 heavy (non-hydrogen) atoms. The maximum atomic E-state index is 13.7. The lowest BCUT2D eigenvalue weighted by atomic mass is 10.1. The summed E-state index contributed by atoms with van der Waals surface area (Å²) in [5, 5.41) is 21.3. The lowest BCUT2D eigenvalue weighted by Gasteiger charge is -2.07. The highest BCUT2D eigenvalue weighted by atomic mass is 19.1. The van der Waals surface area contributed by atoms with E-state index in [-0.39, 0.29) is 17.1 Å². The molecule has 1 heterocycles. The lowest BCUT2D eigenvalue weighted by molar-refractivity contribution is -0.384. The average molecular weight is 391 g/mol. The van der Waals surface area contributed by atoms with Crippen LogP contribution in [0.5, 0.6) is 0 Å². The van der Waals surface area contributed by atoms with Crippen LogP contribution in [0.25, 0.3) is 11.0 Å². The van der Waals surface area contributed by atoms with E-state index in [1.165, 1.54) is 30.3 Å². The number of hydrogen-bond donors (Lipinski definition) is 1. The number of halogens is 1. The molecule has 4 rings (SSSR count). The third-order valence-electron chi connectivity index (χ3n) is 4.38. The van der Waals surface area contributed by atoms with Crippen molar-refractivity contribution in [2.75, 3.05) is 5.32 Å². The minimum absolute atomic E-state index is 0.0774. The van der Waals surface area contributed by atoms with Crippen LogP contribution in [-0.4, -0.2) is 25.8 Å². The molecule has 0 bridgehead atoms. The maximum Gasteiger partial charge on any atom is 0.269 e. The Hall–Kier alpha value is -4.14. The van der Waals surface area contributed by atoms with Gasteiger partial charge in [-0.25, -0.2) is 9.07 Å². The summed E-state index contributed by atoms with van der Waals surface area (Å²) >= 11 is 0. The zero-order chi connectivity index (χ0) is 20.4. The second-order valence-corrected chi connectivity index (χ2v) is 6.31. The van der Waals surface area contributed by atoms with Gasteiger partial charge in [0.05, 0.1) is 17.0 Å². The van der Waals surface area contributed by atoms with Crippen molar-refractivity contribution in [3.8, 4) is 0 Å². The number of fused-ring (bicyclic) bond motifs is 1. The number of benzene rings is 3. The molecule has 0 aliphatic heterocycles. The summed E-state index contributed by atoms with van der Waals surface area (Å²) in [4.78, 5) is 22.4. The molecular weight excluding hydrogens is 377 g/mol. The third-order valence-corrected chi connectivity index (χ3v) is 4.38. The monoisotopic (exact) mass is 391 g/mol. The molecule has 4 aromatic rings. The number of aromatic nitrogens is 3. The first kappa shape index (κ1) is 18.2. The Bertz CT molecular complexity index is 1200. The number of carbonyl (C=O) groups excluding carboxylic acids is 1. The fourth-order valence-electron chi connectivity index (χ4n) is 2.88. The topological polar surface area (TPSA) is 103 Å². The number of carbonyl (C=O) groups is 1. The maximum absolute atomic E-state index is 13.7. The van der Waals surface area contributed by atoms with Gasteiger partial charge in [-0.3, -0.25) is 14.9 Å². The van der Waals surface area contributed by atoms with Gasteiger partial charge in [0.1, 0.15) is 5.52 Å². The van der Waals surface area contributed by atoms with Gasteiger partial charge in [0.25, 0.3) is 11.6 Å². The predicted molar refractivity (Wildman–Crippen MR) is 104 cm³/mol. The van der Waals surface area contributed by atoms with Gasteiger partial charge in [-0.05, 0) is 42.0 Å². The summed E-state index contributed by atoms with van der Waals surface area (Å²) in [6.07, 6.45) is 0. The Morgan fingerprint density at radius 3 is 2.48 bits per heavy atom. The Morgan fingerprint density at radius 1 is 1.07 bits per heavy atom. The SMILES string of the molecule is O=C(Nc1ccc(Cn2nnc3c(F)cccc32)cc1)c1ccc([N+](=O)[O-])cc1. The number of nitrogens with zero attached hydrogens (tertiary/aromatic N) is 4. The smallest absolute Gasteiger partial charge is 0.269 e. The Morgan fingerprint density at radius 2 is 1.79 bits per heavy atom. The highest BCUT2D eigenvalue weighted by molar-refractivity contribution is 6.04. The predicted octanol–water partition coefficient (Wildman–Crippen LogP) is 3.78. The molecule has 9 heteroatoms. The van der Waals surface area contributed by atoms with Gasteiger partial charge in [0.2, 0.25) is 0 Å². The van der Waals surface area contributed by atoms with Crippen molar-refractivity contribution in [2.24, 2.45) is 0 Å². The van der Waals surface area contributed by atoms with Crippen LogP contribution in [0.15, 0.2) is 66.7 Å². The van der Waals surface area contributed by atoms with Gasteiger partial charge in [-0.2, -0.15) is 0 Å². The van der Waals surface area contributed by atoms with E-state index in [1.54, 1.807) is 28.9 Å². The Balaban J connectivity index is 1.45. The number of nitro groups is 1. The van der Waals surface area contributed by atoms with Crippen LogP contribution in [0.3, 0.4) is 0 Å². The van der Waals surface area contributed by atoms with Crippen molar-refractivity contribution in [1.29, 1.82) is 0 Å². The van der Waals surface area contributed by atoms with E-state index < -0.39 is 10.7 Å². The van der Waals surface area contributed by atoms with E-state index in [2.05, 4.69) is 15.6 Å². The van der Waals surface area contributed by atoms with Gasteiger partial charge in [-0.1, -0.05) is 23.4 Å². The zero-order valence-electron chi connectivity index (χ0n) is 14.9. The second-order valence-electron chi connectivity index (χ2n) is 6.31. The molecule has 144 valence electrons. The second kappa shape index (κ2) is 7.47. The van der Waals surface area contributed by atoms with Gasteiger partial charge >= 0.3 is 0 Å². The summed E-state index contributed by atoms with van der Waals surface area (Å²) in [6, 6.07) is 17.2. The van der Waals surface area contributed by atoms with Crippen LogP contribution in [0.2, 0.25) is 0 Å². The van der Waals surface area contributed by atoms with Gasteiger partial charge in [0, 0.05) is 23.4 Å². The van der Waals surface area contributed by atoms with E-state index in [4.69, 9.17) is 0 Å². The molecule has 0 radical (unpaired) electrons. The molecule has 0 aliphatic rings. The molecule has 0 saturated carbocycles. The van der Waals surface area contributed by atoms with Crippen molar-refractivity contribution in [1.82, 2.24) is 15.0 Å². The number of hydrogen-bond acceptors (Lipinski definition) is 5.